The van der Waals surface area contributed by atoms with Gasteiger partial charge in [-0.25, -0.2) is 14.0 Å². The third-order valence-corrected chi connectivity index (χ3v) is 4.29. The van der Waals surface area contributed by atoms with Gasteiger partial charge in [-0.3, -0.25) is 9.69 Å². The normalized spacial score (nSPS) is 15.5. The summed E-state index contributed by atoms with van der Waals surface area (Å²) in [5.41, 5.74) is 0.0486. The molecule has 2 amide bonds. The third kappa shape index (κ3) is 4.93. The number of aromatic nitrogens is 1. The van der Waals surface area contributed by atoms with Crippen molar-refractivity contribution >= 4 is 23.7 Å². The first-order valence-electron chi connectivity index (χ1n) is 9.67. The highest BCUT2D eigenvalue weighted by Crippen LogP contribution is 2.32. The minimum absolute atomic E-state index is 0.0254. The molecule has 0 bridgehead atoms. The van der Waals surface area contributed by atoms with Gasteiger partial charge in [0.25, 0.3) is 0 Å². The van der Waals surface area contributed by atoms with E-state index in [0.717, 1.165) is 6.07 Å². The fourth-order valence-electron chi connectivity index (χ4n) is 2.92. The molecule has 11 heteroatoms. The molecule has 0 aliphatic carbocycles. The van der Waals surface area contributed by atoms with Crippen LogP contribution in [0.25, 0.3) is 11.5 Å². The van der Waals surface area contributed by atoms with Crippen LogP contribution in [0.15, 0.2) is 22.6 Å². The second-order valence-electron chi connectivity index (χ2n) is 6.53. The SMILES string of the molecule is CCOC(=O)c1nc(-c2ccc(N3CC(CNC(C)=O)OC3=O)cc2F)oc1OCC. The van der Waals surface area contributed by atoms with E-state index in [0.29, 0.717) is 0 Å². The minimum atomic E-state index is -0.747. The molecule has 1 aromatic carbocycles. The van der Waals surface area contributed by atoms with Crippen molar-refractivity contribution in [2.45, 2.75) is 26.9 Å². The van der Waals surface area contributed by atoms with Crippen molar-refractivity contribution in [1.29, 1.82) is 0 Å². The van der Waals surface area contributed by atoms with Gasteiger partial charge in [0.05, 0.1) is 37.6 Å². The van der Waals surface area contributed by atoms with Gasteiger partial charge >= 0.3 is 18.0 Å². The van der Waals surface area contributed by atoms with Gasteiger partial charge in [-0.2, -0.15) is 4.98 Å². The smallest absolute Gasteiger partial charge is 0.414 e. The Hall–Kier alpha value is -3.63. The summed E-state index contributed by atoms with van der Waals surface area (Å²) in [6, 6.07) is 4.00. The zero-order chi connectivity index (χ0) is 22.5. The van der Waals surface area contributed by atoms with Crippen LogP contribution >= 0.6 is 0 Å². The zero-order valence-electron chi connectivity index (χ0n) is 17.3. The number of amides is 2. The lowest BCUT2D eigenvalue weighted by molar-refractivity contribution is -0.119. The number of esters is 1. The van der Waals surface area contributed by atoms with Crippen molar-refractivity contribution in [3.63, 3.8) is 0 Å². The van der Waals surface area contributed by atoms with Gasteiger partial charge in [0, 0.05) is 6.92 Å². The highest BCUT2D eigenvalue weighted by molar-refractivity contribution is 5.91. The molecule has 1 atom stereocenters. The summed E-state index contributed by atoms with van der Waals surface area (Å²) in [7, 11) is 0. The van der Waals surface area contributed by atoms with Crippen LogP contribution in [0.3, 0.4) is 0 Å². The molecule has 1 aromatic heterocycles. The van der Waals surface area contributed by atoms with Crippen molar-refractivity contribution in [2.75, 3.05) is 31.2 Å². The Morgan fingerprint density at radius 3 is 2.74 bits per heavy atom. The van der Waals surface area contributed by atoms with E-state index in [1.54, 1.807) is 13.8 Å². The number of ether oxygens (including phenoxy) is 3. The fourth-order valence-corrected chi connectivity index (χ4v) is 2.92. The Bertz CT molecular complexity index is 991. The third-order valence-electron chi connectivity index (χ3n) is 4.29. The maximum atomic E-state index is 14.9. The van der Waals surface area contributed by atoms with Crippen LogP contribution in [-0.4, -0.2) is 55.4 Å². The summed E-state index contributed by atoms with van der Waals surface area (Å²) in [5.74, 6) is -2.05. The van der Waals surface area contributed by atoms with Gasteiger partial charge in [0.2, 0.25) is 17.5 Å². The van der Waals surface area contributed by atoms with Crippen LogP contribution in [0.1, 0.15) is 31.3 Å². The molecule has 1 aliphatic heterocycles. The standard InChI is InChI=1S/C20H22FN3O7/c1-4-28-18(26)16-19(29-5-2)31-17(23-16)14-7-6-12(8-15(14)21)24-10-13(30-20(24)27)9-22-11(3)25/h6-8,13H,4-5,9-10H2,1-3H3,(H,22,25). The number of benzene rings is 1. The summed E-state index contributed by atoms with van der Waals surface area (Å²) in [5, 5.41) is 2.57. The molecule has 2 heterocycles. The van der Waals surface area contributed by atoms with Crippen LogP contribution < -0.4 is 15.0 Å². The Labute approximate surface area is 177 Å². The Morgan fingerprint density at radius 2 is 2.10 bits per heavy atom. The maximum absolute atomic E-state index is 14.9. The molecule has 1 N–H and O–H groups in total. The summed E-state index contributed by atoms with van der Waals surface area (Å²) in [4.78, 5) is 40.5. The first kappa shape index (κ1) is 22.1. The lowest BCUT2D eigenvalue weighted by Crippen LogP contribution is -2.33. The molecule has 1 aliphatic rings. The van der Waals surface area contributed by atoms with Crippen molar-refractivity contribution in [1.82, 2.24) is 10.3 Å². The van der Waals surface area contributed by atoms with Gasteiger partial charge in [-0.15, -0.1) is 0 Å². The molecule has 2 aromatic rings. The number of hydrogen-bond acceptors (Lipinski definition) is 8. The number of carbonyl (C=O) groups is 3. The van der Waals surface area contributed by atoms with E-state index in [-0.39, 0.29) is 61.0 Å². The number of anilines is 1. The quantitative estimate of drug-likeness (QED) is 0.628. The topological polar surface area (TPSA) is 120 Å². The van der Waals surface area contributed by atoms with Gasteiger partial charge in [-0.1, -0.05) is 0 Å². The number of halogens is 1. The lowest BCUT2D eigenvalue weighted by Gasteiger charge is -2.13. The van der Waals surface area contributed by atoms with E-state index < -0.39 is 24.0 Å². The van der Waals surface area contributed by atoms with E-state index >= 15 is 0 Å². The largest absolute Gasteiger partial charge is 0.464 e. The van der Waals surface area contributed by atoms with Gasteiger partial charge in [0.1, 0.15) is 11.9 Å². The number of oxazole rings is 1. The summed E-state index contributed by atoms with van der Waals surface area (Å²) < 4.78 is 35.6. The number of nitrogens with zero attached hydrogens (tertiary/aromatic N) is 2. The first-order valence-corrected chi connectivity index (χ1v) is 9.67. The molecule has 1 saturated heterocycles. The fraction of sp³-hybridized carbons (Fsp3) is 0.400. The molecular formula is C20H22FN3O7. The molecule has 166 valence electrons. The predicted molar refractivity (Wildman–Crippen MR) is 105 cm³/mol. The molecule has 1 unspecified atom stereocenters. The summed E-state index contributed by atoms with van der Waals surface area (Å²) in [6.45, 7) is 5.34. The van der Waals surface area contributed by atoms with Crippen molar-refractivity contribution in [2.24, 2.45) is 0 Å². The van der Waals surface area contributed by atoms with Gasteiger partial charge < -0.3 is 23.9 Å². The molecule has 0 spiro atoms. The summed E-state index contributed by atoms with van der Waals surface area (Å²) in [6.07, 6.45) is -1.20. The van der Waals surface area contributed by atoms with Crippen molar-refractivity contribution in [3.8, 4) is 17.4 Å². The number of nitrogens with one attached hydrogen (secondary N) is 1. The Balaban J connectivity index is 1.83. The van der Waals surface area contributed by atoms with E-state index in [4.69, 9.17) is 18.6 Å². The zero-order valence-corrected chi connectivity index (χ0v) is 17.3. The highest BCUT2D eigenvalue weighted by atomic mass is 19.1. The first-order chi connectivity index (χ1) is 14.8. The number of carbonyl (C=O) groups excluding carboxylic acids is 3. The monoisotopic (exact) mass is 435 g/mol. The molecule has 3 rings (SSSR count). The minimum Gasteiger partial charge on any atom is -0.464 e. The summed E-state index contributed by atoms with van der Waals surface area (Å²) >= 11 is 0. The Morgan fingerprint density at radius 1 is 1.32 bits per heavy atom. The number of rotatable bonds is 8. The van der Waals surface area contributed by atoms with E-state index in [1.165, 1.54) is 24.0 Å². The van der Waals surface area contributed by atoms with E-state index in [2.05, 4.69) is 10.3 Å². The maximum Gasteiger partial charge on any atom is 0.414 e. The van der Waals surface area contributed by atoms with Crippen LogP contribution in [0, 0.1) is 5.82 Å². The Kier molecular flexibility index (Phi) is 6.73. The highest BCUT2D eigenvalue weighted by Gasteiger charge is 2.33. The van der Waals surface area contributed by atoms with Crippen molar-refractivity contribution in [3.05, 3.63) is 29.7 Å². The van der Waals surface area contributed by atoms with Crippen LogP contribution in [0.4, 0.5) is 14.9 Å². The average molecular weight is 435 g/mol. The van der Waals surface area contributed by atoms with Gasteiger partial charge in [0.15, 0.2) is 0 Å². The van der Waals surface area contributed by atoms with E-state index in [9.17, 15) is 18.8 Å². The molecule has 1 fully saturated rings. The lowest BCUT2D eigenvalue weighted by atomic mass is 10.1. The molecule has 0 saturated carbocycles. The van der Waals surface area contributed by atoms with Crippen molar-refractivity contribution < 1.29 is 37.4 Å². The number of hydrogen-bond donors (Lipinski definition) is 1. The second-order valence-corrected chi connectivity index (χ2v) is 6.53. The van der Waals surface area contributed by atoms with E-state index in [1.807, 2.05) is 0 Å². The molecular weight excluding hydrogens is 413 g/mol. The van der Waals surface area contributed by atoms with Crippen LogP contribution in [0.2, 0.25) is 0 Å². The van der Waals surface area contributed by atoms with Gasteiger partial charge in [-0.05, 0) is 32.0 Å². The molecule has 31 heavy (non-hydrogen) atoms. The molecule has 0 radical (unpaired) electrons. The average Bonchev–Trinajstić information content (AvgIpc) is 3.30. The number of cyclic esters (lactones) is 1. The predicted octanol–water partition coefficient (Wildman–Crippen LogP) is 2.52. The second kappa shape index (κ2) is 9.45. The molecule has 10 nitrogen and oxygen atoms in total. The van der Waals surface area contributed by atoms with Crippen LogP contribution in [0.5, 0.6) is 5.95 Å². The van der Waals surface area contributed by atoms with Crippen LogP contribution in [-0.2, 0) is 14.3 Å².